The van der Waals surface area contributed by atoms with Gasteiger partial charge in [0.25, 0.3) is 0 Å². The monoisotopic (exact) mass is 830 g/mol. The molecule has 2 saturated carbocycles. The molecular weight excluding hydrogens is 773 g/mol. The van der Waals surface area contributed by atoms with Crippen molar-refractivity contribution in [1.82, 2.24) is 0 Å². The fraction of sp³-hybridized carbons (Fsp3) is 0.510. The van der Waals surface area contributed by atoms with Crippen molar-refractivity contribution in [2.24, 2.45) is 23.7 Å². The Kier molecular flexibility index (Phi) is 12.5. The Labute approximate surface area is 358 Å². The molecule has 10 heteroatoms. The second kappa shape index (κ2) is 17.8. The minimum absolute atomic E-state index is 0.0108. The predicted molar refractivity (Wildman–Crippen MR) is 228 cm³/mol. The Hall–Kier alpha value is -4.95. The number of aromatic hydroxyl groups is 2. The van der Waals surface area contributed by atoms with Gasteiger partial charge in [0, 0.05) is 48.3 Å². The van der Waals surface area contributed by atoms with Crippen molar-refractivity contribution in [3.8, 4) is 29.1 Å². The lowest BCUT2D eigenvalue weighted by Crippen LogP contribution is -2.63. The summed E-state index contributed by atoms with van der Waals surface area (Å²) in [4.78, 5) is 41.9. The molecule has 3 aromatic carbocycles. The molecule has 0 amide bonds. The fourth-order valence-electron chi connectivity index (χ4n) is 11.3. The number of unbranched alkanes of at least 4 members (excludes halogenated alkanes) is 2. The zero-order chi connectivity index (χ0) is 43.0. The molecule has 0 aromatic heterocycles. The summed E-state index contributed by atoms with van der Waals surface area (Å²) in [5.41, 5.74) is 3.01. The number of esters is 2. The number of Topliss-reactive ketones (excluding diaryl/α,β-unsaturated/α-hetero) is 1. The van der Waals surface area contributed by atoms with Gasteiger partial charge in [-0.2, -0.15) is 0 Å². The van der Waals surface area contributed by atoms with Crippen LogP contribution in [0.1, 0.15) is 129 Å². The standard InChI is InChI=1S/C51H58O10/c1-3-5-6-10-39-36(28-52)21-33(24-46(39)56)31-11-12-32-26-49(57)60-47-27-45(55)34(23-41(32)47)25-48-51(59)37(4-2)13-14-40-42(44(54)16-15-43(40)51)19-30-9-7-8-29(17-30)18-38(53)22-35(20-31)50(58)61-48/h7-9,17,21-24,27,31-32,37-38,40,42-43,48,52-53,55-56,59H,3-6,10,13-16,18-20,25-26,28H2,1-2H3. The maximum Gasteiger partial charge on any atom is 0.334 e. The molecule has 3 heterocycles. The predicted octanol–water partition coefficient (Wildman–Crippen LogP) is 7.21. The number of hydrogen-bond donors (Lipinski definition) is 5. The number of rotatable bonds is 7. The van der Waals surface area contributed by atoms with Crippen LogP contribution in [0.15, 0.2) is 60.2 Å². The highest BCUT2D eigenvalue weighted by Crippen LogP contribution is 2.54. The molecule has 322 valence electrons. The van der Waals surface area contributed by atoms with Crippen LogP contribution in [-0.2, 0) is 51.4 Å². The largest absolute Gasteiger partial charge is 0.508 e. The molecule has 5 aliphatic rings. The molecule has 2 aliphatic carbocycles. The Bertz CT molecular complexity index is 2280. The van der Waals surface area contributed by atoms with Gasteiger partial charge in [0.2, 0.25) is 0 Å². The van der Waals surface area contributed by atoms with Crippen molar-refractivity contribution in [3.05, 3.63) is 99.1 Å². The normalized spacial score (nSPS) is 29.9. The molecule has 3 aliphatic heterocycles. The average molecular weight is 831 g/mol. The smallest absolute Gasteiger partial charge is 0.334 e. The van der Waals surface area contributed by atoms with Gasteiger partial charge in [0.05, 0.1) is 25.0 Å². The van der Waals surface area contributed by atoms with Gasteiger partial charge >= 0.3 is 11.9 Å². The first-order valence-corrected chi connectivity index (χ1v) is 22.4. The van der Waals surface area contributed by atoms with Crippen LogP contribution < -0.4 is 4.74 Å². The van der Waals surface area contributed by atoms with Crippen LogP contribution in [-0.4, -0.2) is 61.1 Å². The van der Waals surface area contributed by atoms with E-state index in [1.807, 2.05) is 31.2 Å². The maximum absolute atomic E-state index is 15.1. The number of fused-ring (bicyclic) bond motifs is 7. The number of benzene rings is 3. The summed E-state index contributed by atoms with van der Waals surface area (Å²) in [5, 5.41) is 58.9. The van der Waals surface area contributed by atoms with Gasteiger partial charge in [-0.25, -0.2) is 4.79 Å². The number of ether oxygens (including phenoxy) is 2. The number of phenols is 2. The van der Waals surface area contributed by atoms with Gasteiger partial charge in [0.1, 0.15) is 34.7 Å². The highest BCUT2D eigenvalue weighted by atomic mass is 16.6. The highest BCUT2D eigenvalue weighted by molar-refractivity contribution is 5.89. The molecule has 9 unspecified atom stereocenters. The Morgan fingerprint density at radius 1 is 0.852 bits per heavy atom. The van der Waals surface area contributed by atoms with Gasteiger partial charge in [0.15, 0.2) is 0 Å². The second-order valence-corrected chi connectivity index (χ2v) is 18.1. The quantitative estimate of drug-likeness (QED) is 0.0710. The summed E-state index contributed by atoms with van der Waals surface area (Å²) in [6, 6.07) is 14.4. The molecule has 0 saturated heterocycles. The minimum Gasteiger partial charge on any atom is -0.508 e. The number of carbonyl (C=O) groups is 3. The Morgan fingerprint density at radius 3 is 2.41 bits per heavy atom. The van der Waals surface area contributed by atoms with Crippen molar-refractivity contribution in [3.63, 3.8) is 0 Å². The lowest BCUT2D eigenvalue weighted by molar-refractivity contribution is -0.212. The second-order valence-electron chi connectivity index (χ2n) is 18.1. The minimum atomic E-state index is -1.60. The van der Waals surface area contributed by atoms with Gasteiger partial charge in [-0.15, -0.1) is 0 Å². The summed E-state index contributed by atoms with van der Waals surface area (Å²) in [6.45, 7) is 3.78. The lowest BCUT2D eigenvalue weighted by Gasteiger charge is -2.56. The van der Waals surface area contributed by atoms with E-state index < -0.39 is 47.5 Å². The van der Waals surface area contributed by atoms with E-state index in [1.54, 1.807) is 18.2 Å². The van der Waals surface area contributed by atoms with Crippen molar-refractivity contribution in [2.45, 2.75) is 140 Å². The van der Waals surface area contributed by atoms with Crippen LogP contribution in [0.3, 0.4) is 0 Å². The number of carbonyl (C=O) groups excluding carboxylic acids is 3. The molecular formula is C51H58O10. The van der Waals surface area contributed by atoms with Crippen molar-refractivity contribution < 1.29 is 49.4 Å². The van der Waals surface area contributed by atoms with E-state index in [4.69, 9.17) is 9.47 Å². The third-order valence-corrected chi connectivity index (χ3v) is 14.4. The summed E-state index contributed by atoms with van der Waals surface area (Å²) < 4.78 is 12.3. The molecule has 10 nitrogen and oxygen atoms in total. The van der Waals surface area contributed by atoms with E-state index >= 15 is 4.79 Å². The summed E-state index contributed by atoms with van der Waals surface area (Å²) in [6.07, 6.45) is 5.64. The number of hydrogen-bond acceptors (Lipinski definition) is 10. The van der Waals surface area contributed by atoms with E-state index in [9.17, 15) is 35.1 Å². The Morgan fingerprint density at radius 2 is 1.64 bits per heavy atom. The molecule has 0 radical (unpaired) electrons. The van der Waals surface area contributed by atoms with Crippen LogP contribution in [0.2, 0.25) is 0 Å². The van der Waals surface area contributed by atoms with E-state index in [1.165, 1.54) is 12.1 Å². The zero-order valence-electron chi connectivity index (χ0n) is 35.2. The van der Waals surface area contributed by atoms with Gasteiger partial charge < -0.3 is 35.0 Å². The van der Waals surface area contributed by atoms with Crippen LogP contribution in [0, 0.1) is 35.5 Å². The number of aliphatic hydroxyl groups is 3. The van der Waals surface area contributed by atoms with Crippen molar-refractivity contribution in [1.29, 1.82) is 0 Å². The molecule has 9 atom stereocenters. The van der Waals surface area contributed by atoms with Crippen LogP contribution >= 0.6 is 0 Å². The van der Waals surface area contributed by atoms with Crippen LogP contribution in [0.5, 0.6) is 17.2 Å². The van der Waals surface area contributed by atoms with E-state index in [0.717, 1.165) is 36.8 Å². The highest BCUT2D eigenvalue weighted by Gasteiger charge is 2.59. The van der Waals surface area contributed by atoms with E-state index in [0.29, 0.717) is 59.9 Å². The SMILES string of the molecule is CCCCCc1c(O)cc(C2C#CC3CC(=O)Oc4cc(O)c(cc43)CC3OC(=O)C(=CC(O)Cc4cccc(c4)CC4C(=O)CCC5C4CCC(CC)C35O)C2)cc1CO. The van der Waals surface area contributed by atoms with Crippen LogP contribution in [0.25, 0.3) is 0 Å². The summed E-state index contributed by atoms with van der Waals surface area (Å²) in [5.74, 6) is 2.85. The maximum atomic E-state index is 15.1. The number of ketones is 1. The topological polar surface area (TPSA) is 171 Å². The summed E-state index contributed by atoms with van der Waals surface area (Å²) >= 11 is 0. The van der Waals surface area contributed by atoms with Crippen molar-refractivity contribution in [2.75, 3.05) is 0 Å². The molecule has 3 aromatic rings. The first-order valence-electron chi connectivity index (χ1n) is 22.4. The van der Waals surface area contributed by atoms with Gasteiger partial charge in [-0.3, -0.25) is 9.59 Å². The fourth-order valence-corrected chi connectivity index (χ4v) is 11.3. The molecule has 2 fully saturated rings. The van der Waals surface area contributed by atoms with Gasteiger partial charge in [-0.05, 0) is 114 Å². The zero-order valence-corrected chi connectivity index (χ0v) is 35.2. The van der Waals surface area contributed by atoms with Gasteiger partial charge in [-0.1, -0.05) is 75.3 Å². The molecule has 61 heavy (non-hydrogen) atoms. The molecule has 8 rings (SSSR count). The van der Waals surface area contributed by atoms with E-state index in [-0.39, 0.29) is 85.1 Å². The lowest BCUT2D eigenvalue weighted by atomic mass is 9.53. The van der Waals surface area contributed by atoms with E-state index in [2.05, 4.69) is 18.8 Å². The van der Waals surface area contributed by atoms with Crippen LogP contribution in [0.4, 0.5) is 0 Å². The summed E-state index contributed by atoms with van der Waals surface area (Å²) in [7, 11) is 0. The molecule has 5 N–H and O–H groups in total. The first-order chi connectivity index (χ1) is 29.4. The average Bonchev–Trinajstić information content (AvgIpc) is 3.23. The third kappa shape index (κ3) is 8.49. The molecule has 10 bridgehead atoms. The number of phenolic OH excluding ortho intramolecular Hbond substituents is 2. The van der Waals surface area contributed by atoms with Crippen molar-refractivity contribution >= 4 is 17.7 Å². The number of aliphatic hydroxyl groups excluding tert-OH is 2. The third-order valence-electron chi connectivity index (χ3n) is 14.4. The Balaban J connectivity index is 1.33. The first kappa shape index (κ1) is 42.7. The molecule has 0 spiro atoms.